The Morgan fingerprint density at radius 2 is 1.62 bits per heavy atom. The van der Waals surface area contributed by atoms with Crippen molar-refractivity contribution in [2.75, 3.05) is 4.72 Å². The van der Waals surface area contributed by atoms with Crippen LogP contribution in [0.15, 0.2) is 44.2 Å². The number of rotatable bonds is 3. The highest BCUT2D eigenvalue weighted by molar-refractivity contribution is 9.11. The van der Waals surface area contributed by atoms with Gasteiger partial charge in [-0.2, -0.15) is 0 Å². The summed E-state index contributed by atoms with van der Waals surface area (Å²) in [6.45, 7) is 1.82. The lowest BCUT2D eigenvalue weighted by Gasteiger charge is -2.11. The second-order valence-corrected chi connectivity index (χ2v) is 7.53. The van der Waals surface area contributed by atoms with Crippen LogP contribution in [-0.2, 0) is 10.0 Å². The van der Waals surface area contributed by atoms with Gasteiger partial charge in [-0.25, -0.2) is 17.2 Å². The second-order valence-electron chi connectivity index (χ2n) is 4.27. The summed E-state index contributed by atoms with van der Waals surface area (Å²) in [7, 11) is -3.93. The van der Waals surface area contributed by atoms with E-state index < -0.39 is 21.7 Å². The minimum atomic E-state index is -3.93. The molecule has 0 aliphatic rings. The summed E-state index contributed by atoms with van der Waals surface area (Å²) in [5.74, 6) is -1.83. The fourth-order valence-electron chi connectivity index (χ4n) is 1.57. The van der Waals surface area contributed by atoms with Gasteiger partial charge in [0, 0.05) is 6.07 Å². The average molecular weight is 441 g/mol. The van der Waals surface area contributed by atoms with Crippen LogP contribution in [0.1, 0.15) is 5.56 Å². The van der Waals surface area contributed by atoms with E-state index in [1.165, 1.54) is 12.1 Å². The van der Waals surface area contributed by atoms with Crippen molar-refractivity contribution in [1.29, 1.82) is 0 Å². The normalized spacial score (nSPS) is 11.5. The largest absolute Gasteiger partial charge is 0.278 e. The third-order valence-corrected chi connectivity index (χ3v) is 5.56. The third-order valence-electron chi connectivity index (χ3n) is 2.68. The molecule has 0 atom stereocenters. The maximum atomic E-state index is 13.7. The smallest absolute Gasteiger partial charge is 0.261 e. The molecule has 2 aromatic carbocycles. The van der Waals surface area contributed by atoms with Crippen LogP contribution in [0.4, 0.5) is 14.5 Å². The summed E-state index contributed by atoms with van der Waals surface area (Å²) in [5.41, 5.74) is 0.685. The summed E-state index contributed by atoms with van der Waals surface area (Å²) in [6.07, 6.45) is 0. The zero-order chi connectivity index (χ0) is 15.8. The Bertz CT molecular complexity index is 793. The topological polar surface area (TPSA) is 46.2 Å². The van der Waals surface area contributed by atoms with Crippen LogP contribution in [0, 0.1) is 18.6 Å². The molecule has 0 fully saturated rings. The highest BCUT2D eigenvalue weighted by atomic mass is 79.9. The van der Waals surface area contributed by atoms with Crippen LogP contribution in [0.25, 0.3) is 0 Å². The van der Waals surface area contributed by atoms with Gasteiger partial charge in [-0.15, -0.1) is 0 Å². The molecule has 112 valence electrons. The summed E-state index contributed by atoms with van der Waals surface area (Å²) < 4.78 is 53.2. The first-order valence-corrected chi connectivity index (χ1v) is 8.72. The third kappa shape index (κ3) is 3.44. The van der Waals surface area contributed by atoms with Crippen LogP contribution >= 0.6 is 31.9 Å². The van der Waals surface area contributed by atoms with Crippen molar-refractivity contribution in [2.24, 2.45) is 0 Å². The molecule has 0 heterocycles. The van der Waals surface area contributed by atoms with Gasteiger partial charge in [0.1, 0.15) is 5.82 Å². The molecule has 0 amide bonds. The van der Waals surface area contributed by atoms with Crippen molar-refractivity contribution in [3.05, 3.63) is 56.5 Å². The van der Waals surface area contributed by atoms with Gasteiger partial charge in [0.15, 0.2) is 5.82 Å². The molecule has 0 saturated heterocycles. The fraction of sp³-hybridized carbons (Fsp3) is 0.0769. The Morgan fingerprint density at radius 3 is 2.19 bits per heavy atom. The van der Waals surface area contributed by atoms with E-state index in [1.54, 1.807) is 12.1 Å². The minimum absolute atomic E-state index is 0.00346. The standard InChI is InChI=1S/C13H9Br2F2NO2S/c1-7-2-4-8(5-3-7)21(19,20)18-10-6-9(16)11(14)13(17)12(10)15/h2-6,18H,1H3. The monoisotopic (exact) mass is 439 g/mol. The summed E-state index contributed by atoms with van der Waals surface area (Å²) in [5, 5.41) is 0. The first-order valence-electron chi connectivity index (χ1n) is 5.65. The maximum Gasteiger partial charge on any atom is 0.261 e. The fourth-order valence-corrected chi connectivity index (χ4v) is 3.75. The molecule has 3 nitrogen and oxygen atoms in total. The van der Waals surface area contributed by atoms with Gasteiger partial charge in [-0.3, -0.25) is 4.72 Å². The molecule has 2 aromatic rings. The number of anilines is 1. The molecule has 0 aliphatic heterocycles. The van der Waals surface area contributed by atoms with Crippen LogP contribution in [-0.4, -0.2) is 8.42 Å². The van der Waals surface area contributed by atoms with Gasteiger partial charge in [0.05, 0.1) is 19.5 Å². The predicted molar refractivity (Wildman–Crippen MR) is 83.7 cm³/mol. The minimum Gasteiger partial charge on any atom is -0.278 e. The SMILES string of the molecule is Cc1ccc(S(=O)(=O)Nc2cc(F)c(Br)c(F)c2Br)cc1. The molecular weight excluding hydrogens is 432 g/mol. The predicted octanol–water partition coefficient (Wildman–Crippen LogP) is 4.60. The zero-order valence-electron chi connectivity index (χ0n) is 10.6. The molecule has 0 radical (unpaired) electrons. The molecule has 21 heavy (non-hydrogen) atoms. The van der Waals surface area contributed by atoms with Crippen LogP contribution < -0.4 is 4.72 Å². The van der Waals surface area contributed by atoms with Gasteiger partial charge in [-0.1, -0.05) is 17.7 Å². The summed E-state index contributed by atoms with van der Waals surface area (Å²) in [4.78, 5) is 0.00346. The second kappa shape index (κ2) is 6.02. The van der Waals surface area contributed by atoms with Crippen LogP contribution in [0.2, 0.25) is 0 Å². The van der Waals surface area contributed by atoms with Gasteiger partial charge in [0.2, 0.25) is 0 Å². The lowest BCUT2D eigenvalue weighted by Crippen LogP contribution is -2.14. The number of aryl methyl sites for hydroxylation is 1. The number of nitrogens with one attached hydrogen (secondary N) is 1. The van der Waals surface area contributed by atoms with Gasteiger partial charge in [-0.05, 0) is 50.9 Å². The molecule has 2 rings (SSSR count). The molecule has 0 aromatic heterocycles. The quantitative estimate of drug-likeness (QED) is 0.560. The van der Waals surface area contributed by atoms with E-state index >= 15 is 0 Å². The van der Waals surface area contributed by atoms with E-state index in [1.807, 2.05) is 6.92 Å². The summed E-state index contributed by atoms with van der Waals surface area (Å²) in [6, 6.07) is 6.98. The lowest BCUT2D eigenvalue weighted by atomic mass is 10.2. The maximum absolute atomic E-state index is 13.7. The lowest BCUT2D eigenvalue weighted by molar-refractivity contribution is 0.568. The van der Waals surface area contributed by atoms with Crippen LogP contribution in [0.3, 0.4) is 0 Å². The Balaban J connectivity index is 2.44. The van der Waals surface area contributed by atoms with E-state index in [4.69, 9.17) is 0 Å². The summed E-state index contributed by atoms with van der Waals surface area (Å²) >= 11 is 5.64. The number of benzene rings is 2. The van der Waals surface area contributed by atoms with Gasteiger partial charge < -0.3 is 0 Å². The Morgan fingerprint density at radius 1 is 1.05 bits per heavy atom. The Labute approximate surface area is 137 Å². The molecular formula is C13H9Br2F2NO2S. The van der Waals surface area contributed by atoms with Gasteiger partial charge >= 0.3 is 0 Å². The van der Waals surface area contributed by atoms with Gasteiger partial charge in [0.25, 0.3) is 10.0 Å². The molecule has 0 spiro atoms. The number of halogens is 4. The van der Waals surface area contributed by atoms with Crippen molar-refractivity contribution in [1.82, 2.24) is 0 Å². The molecule has 1 N–H and O–H groups in total. The zero-order valence-corrected chi connectivity index (χ0v) is 14.6. The molecule has 0 bridgehead atoms. The molecule has 0 saturated carbocycles. The van der Waals surface area contributed by atoms with E-state index in [9.17, 15) is 17.2 Å². The van der Waals surface area contributed by atoms with E-state index in [0.717, 1.165) is 11.6 Å². The van der Waals surface area contributed by atoms with E-state index in [0.29, 0.717) is 0 Å². The average Bonchev–Trinajstić information content (AvgIpc) is 2.42. The first kappa shape index (κ1) is 16.4. The van der Waals surface area contributed by atoms with Crippen molar-refractivity contribution < 1.29 is 17.2 Å². The van der Waals surface area contributed by atoms with Crippen molar-refractivity contribution in [3.63, 3.8) is 0 Å². The van der Waals surface area contributed by atoms with Crippen molar-refractivity contribution in [2.45, 2.75) is 11.8 Å². The van der Waals surface area contributed by atoms with E-state index in [2.05, 4.69) is 36.6 Å². The first-order chi connectivity index (χ1) is 9.72. The van der Waals surface area contributed by atoms with Crippen LogP contribution in [0.5, 0.6) is 0 Å². The number of sulfonamides is 1. The number of hydrogen-bond donors (Lipinski definition) is 1. The Kier molecular flexibility index (Phi) is 4.69. The van der Waals surface area contributed by atoms with Crippen molar-refractivity contribution in [3.8, 4) is 0 Å². The van der Waals surface area contributed by atoms with E-state index in [-0.39, 0.29) is 19.5 Å². The van der Waals surface area contributed by atoms with Crippen molar-refractivity contribution >= 4 is 47.6 Å². The highest BCUT2D eigenvalue weighted by Crippen LogP contribution is 2.34. The Hall–Kier alpha value is -0.990. The highest BCUT2D eigenvalue weighted by Gasteiger charge is 2.20. The molecule has 8 heteroatoms. The number of hydrogen-bond acceptors (Lipinski definition) is 2. The molecule has 0 aliphatic carbocycles. The molecule has 0 unspecified atom stereocenters.